The summed E-state index contributed by atoms with van der Waals surface area (Å²) in [7, 11) is 0. The van der Waals surface area contributed by atoms with E-state index in [0.29, 0.717) is 5.69 Å². The first kappa shape index (κ1) is 15.9. The summed E-state index contributed by atoms with van der Waals surface area (Å²) in [6, 6.07) is 3.59. The first-order valence-corrected chi connectivity index (χ1v) is 6.81. The Morgan fingerprint density at radius 1 is 1.32 bits per heavy atom. The van der Waals surface area contributed by atoms with Crippen LogP contribution in [0.5, 0.6) is 0 Å². The van der Waals surface area contributed by atoms with Gasteiger partial charge in [-0.1, -0.05) is 0 Å². The Morgan fingerprint density at radius 3 is 2.64 bits per heavy atom. The quantitative estimate of drug-likeness (QED) is 0.865. The third kappa shape index (κ3) is 3.41. The van der Waals surface area contributed by atoms with Gasteiger partial charge < -0.3 is 15.0 Å². The van der Waals surface area contributed by atoms with Gasteiger partial charge in [-0.05, 0) is 39.0 Å². The lowest BCUT2D eigenvalue weighted by Crippen LogP contribution is -2.39. The highest BCUT2D eigenvalue weighted by atomic mass is 19.1. The van der Waals surface area contributed by atoms with Crippen molar-refractivity contribution in [2.24, 2.45) is 0 Å². The number of hydrogen-bond donors (Lipinski definition) is 1. The molecular formula is C15H17FN2O4. The van der Waals surface area contributed by atoms with Crippen molar-refractivity contribution < 1.29 is 23.5 Å². The van der Waals surface area contributed by atoms with Gasteiger partial charge in [0, 0.05) is 13.1 Å². The summed E-state index contributed by atoms with van der Waals surface area (Å²) in [4.78, 5) is 36.4. The van der Waals surface area contributed by atoms with Gasteiger partial charge in [-0.2, -0.15) is 0 Å². The van der Waals surface area contributed by atoms with Crippen molar-refractivity contribution in [2.45, 2.75) is 26.4 Å². The zero-order chi connectivity index (χ0) is 16.5. The predicted octanol–water partition coefficient (Wildman–Crippen LogP) is 1.88. The van der Waals surface area contributed by atoms with Crippen LogP contribution >= 0.6 is 0 Å². The van der Waals surface area contributed by atoms with Crippen LogP contribution in [-0.4, -0.2) is 36.5 Å². The second-order valence-corrected chi connectivity index (χ2v) is 5.88. The number of fused-ring (bicyclic) bond motifs is 1. The number of halogens is 1. The summed E-state index contributed by atoms with van der Waals surface area (Å²) in [6.45, 7) is 5.42. The normalized spacial score (nSPS) is 14.1. The number of carbonyl (C=O) groups excluding carboxylic acids is 3. The van der Waals surface area contributed by atoms with Gasteiger partial charge in [-0.3, -0.25) is 9.59 Å². The van der Waals surface area contributed by atoms with E-state index in [1.807, 2.05) is 0 Å². The Kier molecular flexibility index (Phi) is 4.16. The van der Waals surface area contributed by atoms with Gasteiger partial charge in [-0.15, -0.1) is 0 Å². The zero-order valence-electron chi connectivity index (χ0n) is 12.6. The number of benzene rings is 1. The number of anilines is 1. The molecule has 0 saturated carbocycles. The van der Waals surface area contributed by atoms with E-state index in [4.69, 9.17) is 4.74 Å². The molecule has 0 saturated heterocycles. The molecule has 0 aromatic heterocycles. The molecule has 0 unspecified atom stereocenters. The molecule has 1 aromatic rings. The molecule has 1 N–H and O–H groups in total. The molecule has 0 atom stereocenters. The van der Waals surface area contributed by atoms with Crippen LogP contribution in [0.4, 0.5) is 14.9 Å². The van der Waals surface area contributed by atoms with Crippen molar-refractivity contribution >= 4 is 23.5 Å². The van der Waals surface area contributed by atoms with Crippen molar-refractivity contribution in [1.29, 1.82) is 0 Å². The van der Waals surface area contributed by atoms with Crippen LogP contribution in [0.15, 0.2) is 18.2 Å². The van der Waals surface area contributed by atoms with Gasteiger partial charge in [0.1, 0.15) is 11.4 Å². The van der Waals surface area contributed by atoms with E-state index in [-0.39, 0.29) is 18.7 Å². The number of hydrogen-bond acceptors (Lipinski definition) is 4. The van der Waals surface area contributed by atoms with E-state index in [9.17, 15) is 18.8 Å². The molecule has 0 spiro atoms. The Hall–Kier alpha value is -2.44. The van der Waals surface area contributed by atoms with Crippen molar-refractivity contribution in [3.63, 3.8) is 0 Å². The van der Waals surface area contributed by atoms with Crippen molar-refractivity contribution in [1.82, 2.24) is 5.32 Å². The summed E-state index contributed by atoms with van der Waals surface area (Å²) < 4.78 is 18.2. The number of nitrogens with zero attached hydrogens (tertiary/aromatic N) is 1. The third-order valence-electron chi connectivity index (χ3n) is 2.94. The Morgan fingerprint density at radius 2 is 2.00 bits per heavy atom. The minimum absolute atomic E-state index is 0.0438. The van der Waals surface area contributed by atoms with Crippen LogP contribution in [0.3, 0.4) is 0 Å². The van der Waals surface area contributed by atoms with E-state index < -0.39 is 29.2 Å². The summed E-state index contributed by atoms with van der Waals surface area (Å²) in [5, 5.41) is 2.50. The summed E-state index contributed by atoms with van der Waals surface area (Å²) in [5.74, 6) is -2.05. The van der Waals surface area contributed by atoms with Crippen molar-refractivity contribution in [3.8, 4) is 0 Å². The fraction of sp³-hybridized carbons (Fsp3) is 0.400. The average molecular weight is 308 g/mol. The highest BCUT2D eigenvalue weighted by Gasteiger charge is 2.35. The van der Waals surface area contributed by atoms with Crippen LogP contribution in [0.25, 0.3) is 0 Å². The van der Waals surface area contributed by atoms with E-state index in [1.54, 1.807) is 20.8 Å². The second kappa shape index (κ2) is 5.75. The standard InChI is InChI=1S/C15H17FN2O4/c1-15(2,3)22-14(21)17-6-7-18-11-5-4-9(16)8-10(11)12(19)13(18)20/h4-5,8H,6-7H2,1-3H3,(H,17,21). The minimum Gasteiger partial charge on any atom is -0.444 e. The van der Waals surface area contributed by atoms with Gasteiger partial charge in [0.15, 0.2) is 0 Å². The smallest absolute Gasteiger partial charge is 0.407 e. The van der Waals surface area contributed by atoms with Gasteiger partial charge in [-0.25, -0.2) is 9.18 Å². The lowest BCUT2D eigenvalue weighted by atomic mass is 10.1. The monoisotopic (exact) mass is 308 g/mol. The minimum atomic E-state index is -0.744. The first-order chi connectivity index (χ1) is 10.2. The Balaban J connectivity index is 1.99. The topological polar surface area (TPSA) is 75.7 Å². The number of alkyl carbamates (subject to hydrolysis) is 1. The van der Waals surface area contributed by atoms with Crippen molar-refractivity contribution in [2.75, 3.05) is 18.0 Å². The maximum absolute atomic E-state index is 13.1. The summed E-state index contributed by atoms with van der Waals surface area (Å²) >= 11 is 0. The van der Waals surface area contributed by atoms with Crippen LogP contribution in [0, 0.1) is 5.82 Å². The van der Waals surface area contributed by atoms with Crippen LogP contribution in [0.2, 0.25) is 0 Å². The number of nitrogens with one attached hydrogen (secondary N) is 1. The fourth-order valence-corrected chi connectivity index (χ4v) is 2.08. The van der Waals surface area contributed by atoms with E-state index in [1.165, 1.54) is 17.0 Å². The first-order valence-electron chi connectivity index (χ1n) is 6.81. The molecule has 1 heterocycles. The molecular weight excluding hydrogens is 291 g/mol. The molecule has 118 valence electrons. The molecule has 1 aromatic carbocycles. The molecule has 2 rings (SSSR count). The lowest BCUT2D eigenvalue weighted by molar-refractivity contribution is -0.114. The highest BCUT2D eigenvalue weighted by molar-refractivity contribution is 6.52. The number of ketones is 1. The van der Waals surface area contributed by atoms with Gasteiger partial charge in [0.25, 0.3) is 11.7 Å². The lowest BCUT2D eigenvalue weighted by Gasteiger charge is -2.21. The fourth-order valence-electron chi connectivity index (χ4n) is 2.08. The molecule has 1 aliphatic rings. The Labute approximate surface area is 127 Å². The zero-order valence-corrected chi connectivity index (χ0v) is 12.6. The van der Waals surface area contributed by atoms with E-state index >= 15 is 0 Å². The average Bonchev–Trinajstić information content (AvgIpc) is 2.61. The third-order valence-corrected chi connectivity index (χ3v) is 2.94. The van der Waals surface area contributed by atoms with Crippen LogP contribution < -0.4 is 10.2 Å². The molecule has 7 heteroatoms. The van der Waals surface area contributed by atoms with E-state index in [0.717, 1.165) is 6.07 Å². The number of ether oxygens (including phenoxy) is 1. The van der Waals surface area contributed by atoms with Gasteiger partial charge in [0.05, 0.1) is 11.3 Å². The van der Waals surface area contributed by atoms with Crippen molar-refractivity contribution in [3.05, 3.63) is 29.6 Å². The number of Topliss-reactive ketones (excluding diaryl/α,β-unsaturated/α-hetero) is 1. The highest BCUT2D eigenvalue weighted by Crippen LogP contribution is 2.28. The molecule has 0 bridgehead atoms. The van der Waals surface area contributed by atoms with E-state index in [2.05, 4.69) is 5.32 Å². The summed E-state index contributed by atoms with van der Waals surface area (Å²) in [5.41, 5.74) is -0.224. The van der Waals surface area contributed by atoms with Crippen LogP contribution in [-0.2, 0) is 9.53 Å². The number of carbonyl (C=O) groups is 3. The van der Waals surface area contributed by atoms with Crippen LogP contribution in [0.1, 0.15) is 31.1 Å². The molecule has 0 aliphatic carbocycles. The molecule has 0 fully saturated rings. The molecule has 2 amide bonds. The van der Waals surface area contributed by atoms with Gasteiger partial charge >= 0.3 is 6.09 Å². The maximum atomic E-state index is 13.1. The molecule has 0 radical (unpaired) electrons. The SMILES string of the molecule is CC(C)(C)OC(=O)NCCN1C(=O)C(=O)c2cc(F)ccc21. The number of rotatable bonds is 3. The molecule has 1 aliphatic heterocycles. The largest absolute Gasteiger partial charge is 0.444 e. The van der Waals surface area contributed by atoms with Gasteiger partial charge in [0.2, 0.25) is 0 Å². The molecule has 22 heavy (non-hydrogen) atoms. The number of amides is 2. The maximum Gasteiger partial charge on any atom is 0.407 e. The molecule has 6 nitrogen and oxygen atoms in total. The second-order valence-electron chi connectivity index (χ2n) is 5.88. The predicted molar refractivity (Wildman–Crippen MR) is 77.3 cm³/mol. The summed E-state index contributed by atoms with van der Waals surface area (Å²) in [6.07, 6.45) is -0.607. The Bertz CT molecular complexity index is 637.